The summed E-state index contributed by atoms with van der Waals surface area (Å²) in [5, 5.41) is 5.44. The summed E-state index contributed by atoms with van der Waals surface area (Å²) in [7, 11) is 1.29. The number of nitrogens with one attached hydrogen (secondary N) is 1. The summed E-state index contributed by atoms with van der Waals surface area (Å²) in [5.74, 6) is 0.224. The molecule has 0 aliphatic carbocycles. The smallest absolute Gasteiger partial charge is 0.412 e. The van der Waals surface area contributed by atoms with Gasteiger partial charge in [0, 0.05) is 17.1 Å². The van der Waals surface area contributed by atoms with Crippen LogP contribution in [0.1, 0.15) is 61.6 Å². The summed E-state index contributed by atoms with van der Waals surface area (Å²) in [6, 6.07) is 4.68. The van der Waals surface area contributed by atoms with Crippen LogP contribution in [0.4, 0.5) is 10.5 Å². The number of rotatable bonds is 6. The van der Waals surface area contributed by atoms with Crippen LogP contribution >= 0.6 is 11.3 Å². The molecule has 2 aromatic rings. The lowest BCUT2D eigenvalue weighted by Gasteiger charge is -2.20. The van der Waals surface area contributed by atoms with Gasteiger partial charge in [-0.15, -0.1) is 11.3 Å². The van der Waals surface area contributed by atoms with Gasteiger partial charge in [-0.1, -0.05) is 13.8 Å². The van der Waals surface area contributed by atoms with Crippen molar-refractivity contribution in [3.05, 3.63) is 39.8 Å². The van der Waals surface area contributed by atoms with Crippen molar-refractivity contribution in [3.8, 4) is 5.75 Å². The van der Waals surface area contributed by atoms with Crippen LogP contribution in [0.2, 0.25) is 0 Å². The van der Waals surface area contributed by atoms with Crippen LogP contribution in [0.15, 0.2) is 23.6 Å². The number of ether oxygens (including phenoxy) is 3. The first kappa shape index (κ1) is 21.7. The van der Waals surface area contributed by atoms with Crippen molar-refractivity contribution in [1.82, 2.24) is 4.98 Å². The summed E-state index contributed by atoms with van der Waals surface area (Å²) in [5.41, 5.74) is 1.00. The Bertz CT molecular complexity index is 839. The second-order valence-electron chi connectivity index (χ2n) is 7.47. The van der Waals surface area contributed by atoms with Gasteiger partial charge in [-0.25, -0.2) is 14.6 Å². The molecule has 0 aliphatic rings. The van der Waals surface area contributed by atoms with Gasteiger partial charge in [-0.3, -0.25) is 5.32 Å². The third kappa shape index (κ3) is 6.53. The predicted octanol–water partition coefficient (Wildman–Crippen LogP) is 4.98. The third-order valence-electron chi connectivity index (χ3n) is 3.50. The van der Waals surface area contributed by atoms with E-state index >= 15 is 0 Å². The maximum absolute atomic E-state index is 12.0. The zero-order valence-electron chi connectivity index (χ0n) is 17.0. The highest BCUT2D eigenvalue weighted by atomic mass is 32.1. The molecule has 0 unspecified atom stereocenters. The lowest BCUT2D eigenvalue weighted by atomic mass is 10.2. The number of thiazole rings is 1. The molecule has 0 fully saturated rings. The Morgan fingerprint density at radius 1 is 1.21 bits per heavy atom. The van der Waals surface area contributed by atoms with Gasteiger partial charge in [-0.2, -0.15) is 0 Å². The van der Waals surface area contributed by atoms with Crippen molar-refractivity contribution >= 4 is 29.1 Å². The molecule has 28 heavy (non-hydrogen) atoms. The maximum Gasteiger partial charge on any atom is 0.412 e. The van der Waals surface area contributed by atoms with Crippen LogP contribution < -0.4 is 10.1 Å². The number of hydrogen-bond donors (Lipinski definition) is 1. The first-order valence-corrected chi connectivity index (χ1v) is 9.76. The Balaban J connectivity index is 2.17. The van der Waals surface area contributed by atoms with Gasteiger partial charge in [0.25, 0.3) is 0 Å². The quantitative estimate of drug-likeness (QED) is 0.681. The van der Waals surface area contributed by atoms with Gasteiger partial charge in [0.05, 0.1) is 18.4 Å². The van der Waals surface area contributed by atoms with E-state index in [1.54, 1.807) is 32.9 Å². The van der Waals surface area contributed by atoms with Crippen molar-refractivity contribution in [2.75, 3.05) is 12.4 Å². The summed E-state index contributed by atoms with van der Waals surface area (Å²) in [4.78, 5) is 28.5. The molecular weight excluding hydrogens is 380 g/mol. The molecule has 1 amide bonds. The third-order valence-corrected chi connectivity index (χ3v) is 4.34. The first-order valence-electron chi connectivity index (χ1n) is 8.88. The lowest BCUT2D eigenvalue weighted by Crippen LogP contribution is -2.27. The van der Waals surface area contributed by atoms with Crippen molar-refractivity contribution in [2.24, 2.45) is 0 Å². The minimum absolute atomic E-state index is 0.257. The van der Waals surface area contributed by atoms with E-state index in [2.05, 4.69) is 24.1 Å². The van der Waals surface area contributed by atoms with E-state index in [-0.39, 0.29) is 12.2 Å². The Morgan fingerprint density at radius 2 is 1.93 bits per heavy atom. The number of carbonyl (C=O) groups is 2. The van der Waals surface area contributed by atoms with Crippen LogP contribution in [0.5, 0.6) is 5.75 Å². The number of esters is 1. The fraction of sp³-hybridized carbons (Fsp3) is 0.450. The van der Waals surface area contributed by atoms with Crippen LogP contribution in [0.3, 0.4) is 0 Å². The van der Waals surface area contributed by atoms with Gasteiger partial charge in [0.1, 0.15) is 23.0 Å². The van der Waals surface area contributed by atoms with Crippen LogP contribution in [0.25, 0.3) is 0 Å². The standard InChI is InChI=1S/C20H26N2O5S/c1-12(2)16-11-28-17(22-16)10-26-15-8-13(18(23)25-6)7-14(9-15)21-19(24)27-20(3,4)5/h7-9,11-12H,10H2,1-6H3,(H,21,24). The highest BCUT2D eigenvalue weighted by molar-refractivity contribution is 7.09. The molecule has 8 heteroatoms. The molecule has 2 rings (SSSR count). The highest BCUT2D eigenvalue weighted by Gasteiger charge is 2.18. The Morgan fingerprint density at radius 3 is 2.50 bits per heavy atom. The van der Waals surface area contributed by atoms with Crippen LogP contribution in [0, 0.1) is 0 Å². The lowest BCUT2D eigenvalue weighted by molar-refractivity contribution is 0.0595. The molecule has 1 aromatic carbocycles. The van der Waals surface area contributed by atoms with E-state index in [1.807, 2.05) is 5.38 Å². The zero-order chi connectivity index (χ0) is 20.9. The molecule has 0 saturated carbocycles. The number of nitrogens with zero attached hydrogens (tertiary/aromatic N) is 1. The van der Waals surface area contributed by atoms with Crippen molar-refractivity contribution < 1.29 is 23.8 Å². The second kappa shape index (κ2) is 9.05. The van der Waals surface area contributed by atoms with E-state index in [1.165, 1.54) is 24.5 Å². The van der Waals surface area contributed by atoms with Crippen LogP contribution in [-0.4, -0.2) is 29.8 Å². The largest absolute Gasteiger partial charge is 0.486 e. The van der Waals surface area contributed by atoms with Gasteiger partial charge >= 0.3 is 12.1 Å². The van der Waals surface area contributed by atoms with E-state index < -0.39 is 17.7 Å². The molecule has 0 radical (unpaired) electrons. The number of hydrogen-bond acceptors (Lipinski definition) is 7. The molecule has 0 saturated heterocycles. The summed E-state index contributed by atoms with van der Waals surface area (Å²) in [6.45, 7) is 9.72. The number of aromatic nitrogens is 1. The number of carbonyl (C=O) groups excluding carboxylic acids is 2. The molecule has 0 aliphatic heterocycles. The number of amides is 1. The Kier molecular flexibility index (Phi) is 7.01. The first-order chi connectivity index (χ1) is 13.1. The van der Waals surface area contributed by atoms with E-state index in [0.29, 0.717) is 17.4 Å². The highest BCUT2D eigenvalue weighted by Crippen LogP contribution is 2.25. The van der Waals surface area contributed by atoms with Crippen molar-refractivity contribution in [3.63, 3.8) is 0 Å². The second-order valence-corrected chi connectivity index (χ2v) is 8.42. The fourth-order valence-electron chi connectivity index (χ4n) is 2.21. The van der Waals surface area contributed by atoms with Gasteiger partial charge in [0.2, 0.25) is 0 Å². The van der Waals surface area contributed by atoms with Gasteiger partial charge in [-0.05, 0) is 38.8 Å². The zero-order valence-corrected chi connectivity index (χ0v) is 17.8. The molecule has 152 valence electrons. The monoisotopic (exact) mass is 406 g/mol. The van der Waals surface area contributed by atoms with E-state index in [9.17, 15) is 9.59 Å². The molecule has 1 heterocycles. The number of benzene rings is 1. The van der Waals surface area contributed by atoms with Crippen molar-refractivity contribution in [1.29, 1.82) is 0 Å². The summed E-state index contributed by atoms with van der Waals surface area (Å²) in [6.07, 6.45) is -0.623. The van der Waals surface area contributed by atoms with Gasteiger partial charge < -0.3 is 14.2 Å². The molecule has 0 spiro atoms. The van der Waals surface area contributed by atoms with E-state index in [0.717, 1.165) is 10.7 Å². The van der Waals surface area contributed by atoms with Gasteiger partial charge in [0.15, 0.2) is 0 Å². The molecule has 7 nitrogen and oxygen atoms in total. The van der Waals surface area contributed by atoms with Crippen molar-refractivity contribution in [2.45, 2.75) is 52.7 Å². The topological polar surface area (TPSA) is 86.8 Å². The van der Waals surface area contributed by atoms with Crippen LogP contribution in [-0.2, 0) is 16.1 Å². The molecule has 1 N–H and O–H groups in total. The minimum atomic E-state index is -0.637. The Hall–Kier alpha value is -2.61. The minimum Gasteiger partial charge on any atom is -0.486 e. The average molecular weight is 407 g/mol. The molecule has 0 atom stereocenters. The SMILES string of the molecule is COC(=O)c1cc(NC(=O)OC(C)(C)C)cc(OCc2nc(C(C)C)cs2)c1. The Labute approximate surface area is 169 Å². The summed E-state index contributed by atoms with van der Waals surface area (Å²) >= 11 is 1.52. The molecule has 0 bridgehead atoms. The normalized spacial score (nSPS) is 11.2. The van der Waals surface area contributed by atoms with E-state index in [4.69, 9.17) is 14.2 Å². The average Bonchev–Trinajstić information content (AvgIpc) is 3.06. The summed E-state index contributed by atoms with van der Waals surface area (Å²) < 4.78 is 15.8. The maximum atomic E-state index is 12.0. The fourth-order valence-corrected chi connectivity index (χ4v) is 3.08. The number of anilines is 1. The predicted molar refractivity (Wildman–Crippen MR) is 108 cm³/mol. The molecule has 1 aromatic heterocycles. The molecular formula is C20H26N2O5S. The number of methoxy groups -OCH3 is 1.